The zero-order chi connectivity index (χ0) is 12.3. The molecule has 94 valence electrons. The van der Waals surface area contributed by atoms with Crippen LogP contribution in [0, 0.1) is 6.92 Å². The Bertz CT molecular complexity index is 349. The SMILES string of the molecule is Cc1ccc(C(O)OC[C@@H]2CCC(O)O2)cc1. The number of hydrogen-bond donors (Lipinski definition) is 2. The van der Waals surface area contributed by atoms with Crippen LogP contribution < -0.4 is 0 Å². The van der Waals surface area contributed by atoms with E-state index in [-0.39, 0.29) is 6.10 Å². The maximum atomic E-state index is 9.80. The minimum atomic E-state index is -0.933. The van der Waals surface area contributed by atoms with Gasteiger partial charge in [-0.2, -0.15) is 0 Å². The summed E-state index contributed by atoms with van der Waals surface area (Å²) in [5, 5.41) is 19.0. The molecule has 1 fully saturated rings. The first-order chi connectivity index (χ1) is 8.15. The fourth-order valence-corrected chi connectivity index (χ4v) is 1.84. The molecular formula is C13H18O4. The van der Waals surface area contributed by atoms with Gasteiger partial charge < -0.3 is 19.7 Å². The normalized spacial score (nSPS) is 26.1. The van der Waals surface area contributed by atoms with E-state index in [1.165, 1.54) is 0 Å². The molecule has 2 N–H and O–H groups in total. The molecule has 1 saturated heterocycles. The summed E-state index contributed by atoms with van der Waals surface area (Å²) in [5.74, 6) is 0. The molecule has 1 aliphatic rings. The molecular weight excluding hydrogens is 220 g/mol. The molecule has 1 aromatic rings. The van der Waals surface area contributed by atoms with Gasteiger partial charge in [0.1, 0.15) is 0 Å². The molecule has 1 heterocycles. The van der Waals surface area contributed by atoms with Gasteiger partial charge in [0.15, 0.2) is 12.6 Å². The van der Waals surface area contributed by atoms with Gasteiger partial charge in [-0.1, -0.05) is 29.8 Å². The first-order valence-corrected chi connectivity index (χ1v) is 5.85. The van der Waals surface area contributed by atoms with Gasteiger partial charge in [-0.15, -0.1) is 0 Å². The van der Waals surface area contributed by atoms with Gasteiger partial charge in [0.2, 0.25) is 0 Å². The maximum Gasteiger partial charge on any atom is 0.181 e. The molecule has 2 unspecified atom stereocenters. The smallest absolute Gasteiger partial charge is 0.181 e. The van der Waals surface area contributed by atoms with Crippen molar-refractivity contribution in [3.05, 3.63) is 35.4 Å². The minimum absolute atomic E-state index is 0.120. The number of aliphatic hydroxyl groups excluding tert-OH is 2. The molecule has 0 aromatic heterocycles. The second kappa shape index (κ2) is 5.60. The van der Waals surface area contributed by atoms with Crippen LogP contribution in [0.1, 0.15) is 30.3 Å². The number of rotatable bonds is 4. The molecule has 0 bridgehead atoms. The van der Waals surface area contributed by atoms with Gasteiger partial charge in [-0.05, 0) is 13.3 Å². The number of aliphatic hydroxyl groups is 2. The molecule has 0 aliphatic carbocycles. The molecule has 0 saturated carbocycles. The van der Waals surface area contributed by atoms with Crippen molar-refractivity contribution in [2.45, 2.75) is 38.4 Å². The van der Waals surface area contributed by atoms with E-state index in [0.29, 0.717) is 13.0 Å². The van der Waals surface area contributed by atoms with Gasteiger partial charge in [-0.25, -0.2) is 0 Å². The highest BCUT2D eigenvalue weighted by atomic mass is 16.6. The first-order valence-electron chi connectivity index (χ1n) is 5.85. The van der Waals surface area contributed by atoms with E-state index in [1.54, 1.807) is 0 Å². The Morgan fingerprint density at radius 3 is 2.65 bits per heavy atom. The van der Waals surface area contributed by atoms with Gasteiger partial charge in [0, 0.05) is 12.0 Å². The number of hydrogen-bond acceptors (Lipinski definition) is 4. The third-order valence-corrected chi connectivity index (χ3v) is 2.89. The second-order valence-electron chi connectivity index (χ2n) is 4.39. The van der Waals surface area contributed by atoms with Crippen LogP contribution >= 0.6 is 0 Å². The highest BCUT2D eigenvalue weighted by molar-refractivity contribution is 5.21. The van der Waals surface area contributed by atoms with Crippen molar-refractivity contribution in [1.82, 2.24) is 0 Å². The van der Waals surface area contributed by atoms with Crippen LogP contribution in [0.2, 0.25) is 0 Å². The van der Waals surface area contributed by atoms with Crippen molar-refractivity contribution in [3.63, 3.8) is 0 Å². The van der Waals surface area contributed by atoms with E-state index >= 15 is 0 Å². The molecule has 4 heteroatoms. The van der Waals surface area contributed by atoms with E-state index in [2.05, 4.69) is 0 Å². The number of benzene rings is 1. The molecule has 3 atom stereocenters. The molecule has 1 aliphatic heterocycles. The second-order valence-corrected chi connectivity index (χ2v) is 4.39. The lowest BCUT2D eigenvalue weighted by Crippen LogP contribution is -2.18. The Hall–Kier alpha value is -0.940. The molecule has 17 heavy (non-hydrogen) atoms. The van der Waals surface area contributed by atoms with E-state index in [9.17, 15) is 10.2 Å². The van der Waals surface area contributed by atoms with Crippen molar-refractivity contribution < 1.29 is 19.7 Å². The molecule has 4 nitrogen and oxygen atoms in total. The Morgan fingerprint density at radius 1 is 1.35 bits per heavy atom. The summed E-state index contributed by atoms with van der Waals surface area (Å²) in [6, 6.07) is 7.53. The van der Waals surface area contributed by atoms with E-state index in [1.807, 2.05) is 31.2 Å². The fraction of sp³-hybridized carbons (Fsp3) is 0.538. The largest absolute Gasteiger partial charge is 0.368 e. The lowest BCUT2D eigenvalue weighted by atomic mass is 10.1. The maximum absolute atomic E-state index is 9.80. The predicted molar refractivity (Wildman–Crippen MR) is 62.2 cm³/mol. The minimum Gasteiger partial charge on any atom is -0.368 e. The van der Waals surface area contributed by atoms with Crippen LogP contribution in [0.15, 0.2) is 24.3 Å². The number of ether oxygens (including phenoxy) is 2. The zero-order valence-corrected chi connectivity index (χ0v) is 9.87. The molecule has 1 aromatic carbocycles. The van der Waals surface area contributed by atoms with Gasteiger partial charge >= 0.3 is 0 Å². The molecule has 0 spiro atoms. The molecule has 0 radical (unpaired) electrons. The van der Waals surface area contributed by atoms with Gasteiger partial charge in [-0.3, -0.25) is 0 Å². The Kier molecular flexibility index (Phi) is 4.12. The highest BCUT2D eigenvalue weighted by Crippen LogP contribution is 2.21. The molecule has 0 amide bonds. The van der Waals surface area contributed by atoms with Crippen molar-refractivity contribution in [2.24, 2.45) is 0 Å². The molecule has 2 rings (SSSR count). The van der Waals surface area contributed by atoms with Crippen molar-refractivity contribution in [2.75, 3.05) is 6.61 Å². The average Bonchev–Trinajstić information content (AvgIpc) is 2.73. The predicted octanol–water partition coefficient (Wildman–Crippen LogP) is 1.50. The van der Waals surface area contributed by atoms with Gasteiger partial charge in [0.25, 0.3) is 0 Å². The Balaban J connectivity index is 1.81. The van der Waals surface area contributed by atoms with Crippen LogP contribution in [0.3, 0.4) is 0 Å². The number of aryl methyl sites for hydroxylation is 1. The quantitative estimate of drug-likeness (QED) is 0.780. The third kappa shape index (κ3) is 3.51. The van der Waals surface area contributed by atoms with Crippen molar-refractivity contribution >= 4 is 0 Å². The van der Waals surface area contributed by atoms with Crippen LogP contribution in [0.4, 0.5) is 0 Å². The Morgan fingerprint density at radius 2 is 2.06 bits per heavy atom. The van der Waals surface area contributed by atoms with Crippen LogP contribution in [0.5, 0.6) is 0 Å². The first kappa shape index (κ1) is 12.5. The monoisotopic (exact) mass is 238 g/mol. The van der Waals surface area contributed by atoms with Crippen LogP contribution in [-0.2, 0) is 9.47 Å². The lowest BCUT2D eigenvalue weighted by Gasteiger charge is -2.16. The van der Waals surface area contributed by atoms with E-state index < -0.39 is 12.6 Å². The van der Waals surface area contributed by atoms with Crippen LogP contribution in [0.25, 0.3) is 0 Å². The summed E-state index contributed by atoms with van der Waals surface area (Å²) in [4.78, 5) is 0. The van der Waals surface area contributed by atoms with Crippen LogP contribution in [-0.4, -0.2) is 29.2 Å². The zero-order valence-electron chi connectivity index (χ0n) is 9.87. The highest BCUT2D eigenvalue weighted by Gasteiger charge is 2.24. The van der Waals surface area contributed by atoms with Crippen molar-refractivity contribution in [1.29, 1.82) is 0 Å². The third-order valence-electron chi connectivity index (χ3n) is 2.89. The van der Waals surface area contributed by atoms with E-state index in [0.717, 1.165) is 17.5 Å². The summed E-state index contributed by atoms with van der Waals surface area (Å²) >= 11 is 0. The lowest BCUT2D eigenvalue weighted by molar-refractivity contribution is -0.154. The topological polar surface area (TPSA) is 58.9 Å². The summed E-state index contributed by atoms with van der Waals surface area (Å²) in [5.41, 5.74) is 1.87. The Labute approximate surface area is 101 Å². The van der Waals surface area contributed by atoms with Crippen molar-refractivity contribution in [3.8, 4) is 0 Å². The van der Waals surface area contributed by atoms with E-state index in [4.69, 9.17) is 9.47 Å². The summed E-state index contributed by atoms with van der Waals surface area (Å²) in [6.45, 7) is 2.29. The summed E-state index contributed by atoms with van der Waals surface area (Å²) in [7, 11) is 0. The van der Waals surface area contributed by atoms with Gasteiger partial charge in [0.05, 0.1) is 12.7 Å². The average molecular weight is 238 g/mol. The fourth-order valence-electron chi connectivity index (χ4n) is 1.84. The summed E-state index contributed by atoms with van der Waals surface area (Å²) in [6.07, 6.45) is -0.335. The summed E-state index contributed by atoms with van der Waals surface area (Å²) < 4.78 is 10.5. The standard InChI is InChI=1S/C13H18O4/c1-9-2-4-10(5-3-9)13(15)16-8-11-6-7-12(14)17-11/h2-5,11-15H,6-8H2,1H3/t11-,12?,13?/m0/s1.